The van der Waals surface area contributed by atoms with Crippen LogP contribution in [0, 0.1) is 0 Å². The number of aryl methyl sites for hydroxylation is 1. The van der Waals surface area contributed by atoms with Crippen LogP contribution in [0.4, 0.5) is 4.79 Å². The molecule has 1 aromatic heterocycles. The summed E-state index contributed by atoms with van der Waals surface area (Å²) in [5.74, 6) is 0.0707. The minimum Gasteiger partial charge on any atom is -0.493 e. The van der Waals surface area contributed by atoms with Crippen molar-refractivity contribution in [2.24, 2.45) is 0 Å². The Morgan fingerprint density at radius 1 is 1.24 bits per heavy atom. The molecular formula is C19H20N2O3S. The largest absolute Gasteiger partial charge is 0.493 e. The number of carbonyl (C=O) groups is 2. The minimum absolute atomic E-state index is 0.136. The van der Waals surface area contributed by atoms with Crippen molar-refractivity contribution >= 4 is 22.9 Å². The van der Waals surface area contributed by atoms with Gasteiger partial charge >= 0.3 is 0 Å². The van der Waals surface area contributed by atoms with Gasteiger partial charge in [-0.3, -0.25) is 19.9 Å². The van der Waals surface area contributed by atoms with Crippen LogP contribution < -0.4 is 10.1 Å². The van der Waals surface area contributed by atoms with Crippen LogP contribution in [-0.4, -0.2) is 28.0 Å². The monoisotopic (exact) mass is 359 g/mol. The van der Waals surface area contributed by atoms with Gasteiger partial charge < -0.3 is 4.74 Å². The van der Waals surface area contributed by atoms with Crippen LogP contribution in [0.15, 0.2) is 42.6 Å². The zero-order chi connectivity index (χ0) is 20.4. The average Bonchev–Trinajstić information content (AvgIpc) is 2.88. The highest BCUT2D eigenvalue weighted by Crippen LogP contribution is 2.23. The Hall–Kier alpha value is -2.34. The molecule has 0 radical (unpaired) electrons. The fraction of sp³-hybridized carbons (Fsp3) is 0.316. The van der Waals surface area contributed by atoms with Crippen LogP contribution in [0.1, 0.15) is 27.9 Å². The molecule has 1 fully saturated rings. The zero-order valence-corrected chi connectivity index (χ0v) is 14.6. The number of hydrogen-bond donors (Lipinski definition) is 1. The number of thioether (sulfide) groups is 1. The standard InChI is InChI=1S/C19H20N2O3S/c1-2-13-3-6-15(20-12-13)9-10-24-16-7-4-14(5-8-16)11-17-18(22)21-19(23)25-17/h3-8,12,17H,2,9-11H2,1H3,(H,21,22,23)/t17-/m1/s1/i2D2,17D. The van der Waals surface area contributed by atoms with Crippen LogP contribution in [0.25, 0.3) is 0 Å². The number of rotatable bonds is 7. The molecule has 0 spiro atoms. The molecule has 1 N–H and O–H groups in total. The van der Waals surface area contributed by atoms with Gasteiger partial charge in [0.2, 0.25) is 5.91 Å². The second-order valence-electron chi connectivity index (χ2n) is 5.47. The number of benzene rings is 1. The summed E-state index contributed by atoms with van der Waals surface area (Å²) in [6.45, 7) is 1.91. The van der Waals surface area contributed by atoms with Gasteiger partial charge in [0.05, 0.1) is 13.2 Å². The summed E-state index contributed by atoms with van der Waals surface area (Å²) in [6, 6.07) is 10.6. The molecule has 2 amide bonds. The quantitative estimate of drug-likeness (QED) is 0.822. The van der Waals surface area contributed by atoms with E-state index in [1.165, 1.54) is 6.92 Å². The van der Waals surface area contributed by atoms with E-state index in [1.54, 1.807) is 42.6 Å². The van der Waals surface area contributed by atoms with Gasteiger partial charge in [0.25, 0.3) is 5.24 Å². The Balaban J connectivity index is 1.51. The van der Waals surface area contributed by atoms with Gasteiger partial charge in [0.1, 0.15) is 5.75 Å². The fourth-order valence-electron chi connectivity index (χ4n) is 2.35. The maximum Gasteiger partial charge on any atom is 0.286 e. The first-order valence-electron chi connectivity index (χ1n) is 9.37. The summed E-state index contributed by atoms with van der Waals surface area (Å²) in [5.41, 5.74) is 2.12. The van der Waals surface area contributed by atoms with Crippen LogP contribution in [0.5, 0.6) is 5.75 Å². The van der Waals surface area contributed by atoms with Crippen LogP contribution >= 0.6 is 11.8 Å². The normalized spacial score (nSPS) is 22.0. The van der Waals surface area contributed by atoms with Crippen molar-refractivity contribution in [2.75, 3.05) is 6.61 Å². The molecule has 2 heterocycles. The van der Waals surface area contributed by atoms with Gasteiger partial charge in [-0.1, -0.05) is 36.9 Å². The highest BCUT2D eigenvalue weighted by atomic mass is 32.2. The van der Waals surface area contributed by atoms with Crippen molar-refractivity contribution in [3.8, 4) is 5.75 Å². The van der Waals surface area contributed by atoms with E-state index in [-0.39, 0.29) is 6.42 Å². The van der Waals surface area contributed by atoms with Crippen molar-refractivity contribution in [3.63, 3.8) is 0 Å². The molecule has 3 rings (SSSR count). The summed E-state index contributed by atoms with van der Waals surface area (Å²) in [4.78, 5) is 27.3. The predicted octanol–water partition coefficient (Wildman–Crippen LogP) is 3.16. The molecule has 2 aromatic rings. The third kappa shape index (κ3) is 4.82. The number of ether oxygens (including phenoxy) is 1. The first-order valence-corrected chi connectivity index (χ1v) is 8.69. The smallest absolute Gasteiger partial charge is 0.286 e. The SMILES string of the molecule is [2H]C([2H])(C)c1ccc(CCOc2ccc(C[C@@]3([2H])SC(=O)NC3=O)cc2)nc1. The topological polar surface area (TPSA) is 68.3 Å². The fourth-order valence-corrected chi connectivity index (χ4v) is 3.10. The molecule has 1 saturated heterocycles. The molecule has 5 nitrogen and oxygen atoms in total. The summed E-state index contributed by atoms with van der Waals surface area (Å²) < 4.78 is 29.2. The van der Waals surface area contributed by atoms with Crippen molar-refractivity contribution in [1.82, 2.24) is 10.3 Å². The number of amides is 2. The third-order valence-corrected chi connectivity index (χ3v) is 4.58. The van der Waals surface area contributed by atoms with E-state index in [4.69, 9.17) is 8.85 Å². The molecule has 130 valence electrons. The summed E-state index contributed by atoms with van der Waals surface area (Å²) in [5, 5.41) is 0.129. The molecule has 1 aliphatic rings. The lowest BCUT2D eigenvalue weighted by Gasteiger charge is -2.09. The van der Waals surface area contributed by atoms with Gasteiger partial charge in [0, 0.05) is 21.1 Å². The van der Waals surface area contributed by atoms with E-state index in [1.807, 2.05) is 0 Å². The zero-order valence-electron chi connectivity index (χ0n) is 16.7. The summed E-state index contributed by atoms with van der Waals surface area (Å²) in [7, 11) is 0. The number of imide groups is 1. The number of carbonyl (C=O) groups excluding carboxylic acids is 2. The van der Waals surface area contributed by atoms with Gasteiger partial charge in [0.15, 0.2) is 0 Å². The molecule has 0 aliphatic carbocycles. The van der Waals surface area contributed by atoms with Crippen molar-refractivity contribution < 1.29 is 18.4 Å². The molecule has 0 bridgehead atoms. The van der Waals surface area contributed by atoms with E-state index in [2.05, 4.69) is 10.3 Å². The highest BCUT2D eigenvalue weighted by Gasteiger charge is 2.31. The number of hydrogen-bond acceptors (Lipinski definition) is 5. The highest BCUT2D eigenvalue weighted by molar-refractivity contribution is 8.15. The summed E-state index contributed by atoms with van der Waals surface area (Å²) >= 11 is 0.694. The Morgan fingerprint density at radius 2 is 2.00 bits per heavy atom. The van der Waals surface area contributed by atoms with Crippen LogP contribution in [-0.2, 0) is 24.0 Å². The first-order chi connectivity index (χ1) is 13.2. The lowest BCUT2D eigenvalue weighted by Crippen LogP contribution is -2.25. The Morgan fingerprint density at radius 3 is 2.60 bits per heavy atom. The Bertz CT molecular complexity index is 869. The van der Waals surface area contributed by atoms with E-state index in [0.29, 0.717) is 36.1 Å². The second-order valence-corrected chi connectivity index (χ2v) is 6.54. The maximum atomic E-state index is 11.7. The summed E-state index contributed by atoms with van der Waals surface area (Å²) in [6.07, 6.45) is 0.856. The number of aromatic nitrogens is 1. The van der Waals surface area contributed by atoms with E-state index in [0.717, 1.165) is 11.3 Å². The minimum atomic E-state index is -1.52. The van der Waals surface area contributed by atoms with Crippen molar-refractivity contribution in [3.05, 3.63) is 59.4 Å². The Labute approximate surface area is 155 Å². The average molecular weight is 359 g/mol. The van der Waals surface area contributed by atoms with E-state index < -0.39 is 22.7 Å². The number of nitrogens with one attached hydrogen (secondary N) is 1. The lowest BCUT2D eigenvalue weighted by molar-refractivity contribution is -0.118. The number of pyridine rings is 1. The molecule has 0 saturated carbocycles. The second kappa shape index (κ2) is 8.16. The van der Waals surface area contributed by atoms with Crippen molar-refractivity contribution in [1.29, 1.82) is 0 Å². The van der Waals surface area contributed by atoms with Gasteiger partial charge in [-0.05, 0) is 42.1 Å². The molecule has 0 unspecified atom stereocenters. The first kappa shape index (κ1) is 13.9. The van der Waals surface area contributed by atoms with Crippen molar-refractivity contribution in [2.45, 2.75) is 31.4 Å². The molecule has 1 aromatic carbocycles. The van der Waals surface area contributed by atoms with Crippen LogP contribution in [0.3, 0.4) is 0 Å². The van der Waals surface area contributed by atoms with Gasteiger partial charge in [-0.25, -0.2) is 0 Å². The molecule has 1 aliphatic heterocycles. The molecular weight excluding hydrogens is 336 g/mol. The van der Waals surface area contributed by atoms with Crippen LogP contribution in [0.2, 0.25) is 0 Å². The lowest BCUT2D eigenvalue weighted by atomic mass is 10.1. The molecule has 6 heteroatoms. The van der Waals surface area contributed by atoms with E-state index in [9.17, 15) is 9.59 Å². The molecule has 25 heavy (non-hydrogen) atoms. The van der Waals surface area contributed by atoms with E-state index >= 15 is 0 Å². The molecule has 1 atom stereocenters. The Kier molecular flexibility index (Phi) is 4.54. The third-order valence-electron chi connectivity index (χ3n) is 3.71. The number of nitrogens with zero attached hydrogens (tertiary/aromatic N) is 1. The predicted molar refractivity (Wildman–Crippen MR) is 97.9 cm³/mol. The van der Waals surface area contributed by atoms with Gasteiger partial charge in [-0.15, -0.1) is 0 Å². The van der Waals surface area contributed by atoms with Gasteiger partial charge in [-0.2, -0.15) is 0 Å². The maximum absolute atomic E-state index is 11.7.